The van der Waals surface area contributed by atoms with E-state index in [1.165, 1.54) is 0 Å². The lowest BCUT2D eigenvalue weighted by atomic mass is 9.97. The van der Waals surface area contributed by atoms with Crippen molar-refractivity contribution in [1.29, 1.82) is 0 Å². The molecular weight excluding hydrogens is 264 g/mol. The Bertz CT molecular complexity index is 520. The van der Waals surface area contributed by atoms with E-state index in [1.807, 2.05) is 17.9 Å². The third-order valence-corrected chi connectivity index (χ3v) is 4.55. The Hall–Kier alpha value is -1.55. The molecular formula is C17H24N2O2. The number of hydrogen-bond donors (Lipinski definition) is 2. The summed E-state index contributed by atoms with van der Waals surface area (Å²) in [5.74, 6) is 0.688. The number of piperidine rings is 1. The van der Waals surface area contributed by atoms with Gasteiger partial charge in [-0.25, -0.2) is 0 Å². The van der Waals surface area contributed by atoms with Crippen LogP contribution in [0.3, 0.4) is 0 Å². The predicted molar refractivity (Wildman–Crippen MR) is 82.5 cm³/mol. The number of aromatic hydroxyl groups is 1. The van der Waals surface area contributed by atoms with Crippen LogP contribution in [0.1, 0.15) is 41.6 Å². The molecule has 1 aliphatic heterocycles. The minimum Gasteiger partial charge on any atom is -0.507 e. The monoisotopic (exact) mass is 288 g/mol. The van der Waals surface area contributed by atoms with E-state index in [0.29, 0.717) is 17.5 Å². The van der Waals surface area contributed by atoms with Crippen molar-refractivity contribution >= 4 is 5.91 Å². The first-order valence-electron chi connectivity index (χ1n) is 7.96. The van der Waals surface area contributed by atoms with Crippen molar-refractivity contribution in [2.75, 3.05) is 19.6 Å². The molecule has 1 aromatic carbocycles. The van der Waals surface area contributed by atoms with Crippen molar-refractivity contribution in [3.8, 4) is 5.75 Å². The van der Waals surface area contributed by atoms with Gasteiger partial charge in [0.15, 0.2) is 0 Å². The summed E-state index contributed by atoms with van der Waals surface area (Å²) in [4.78, 5) is 14.8. The van der Waals surface area contributed by atoms with Crippen molar-refractivity contribution in [1.82, 2.24) is 10.2 Å². The van der Waals surface area contributed by atoms with Crippen LogP contribution < -0.4 is 5.32 Å². The number of nitrogens with one attached hydrogen (secondary N) is 1. The number of benzene rings is 1. The third kappa shape index (κ3) is 3.38. The largest absolute Gasteiger partial charge is 0.507 e. The van der Waals surface area contributed by atoms with E-state index in [4.69, 9.17) is 0 Å². The smallest absolute Gasteiger partial charge is 0.257 e. The van der Waals surface area contributed by atoms with Crippen LogP contribution in [0.2, 0.25) is 0 Å². The molecule has 114 valence electrons. The van der Waals surface area contributed by atoms with E-state index in [2.05, 4.69) is 5.32 Å². The number of rotatable bonds is 4. The Morgan fingerprint density at radius 3 is 2.62 bits per heavy atom. The summed E-state index contributed by atoms with van der Waals surface area (Å²) in [6, 6.07) is 5.70. The van der Waals surface area contributed by atoms with Gasteiger partial charge in [-0.15, -0.1) is 0 Å². The molecule has 0 unspecified atom stereocenters. The zero-order valence-corrected chi connectivity index (χ0v) is 12.6. The Morgan fingerprint density at radius 2 is 2.00 bits per heavy atom. The number of amides is 1. The SMILES string of the molecule is Cc1ccc(C(=O)N(CC2CCNCC2)C2CC2)c(O)c1. The minimum absolute atomic E-state index is 0.00599. The molecule has 2 fully saturated rings. The van der Waals surface area contributed by atoms with Gasteiger partial charge in [-0.05, 0) is 69.3 Å². The molecule has 0 bridgehead atoms. The number of aryl methyl sites for hydroxylation is 1. The molecule has 4 nitrogen and oxygen atoms in total. The third-order valence-electron chi connectivity index (χ3n) is 4.55. The Labute approximate surface area is 126 Å². The minimum atomic E-state index is -0.00599. The lowest BCUT2D eigenvalue weighted by Crippen LogP contribution is -2.40. The second-order valence-corrected chi connectivity index (χ2v) is 6.40. The van der Waals surface area contributed by atoms with Gasteiger partial charge in [-0.3, -0.25) is 4.79 Å². The van der Waals surface area contributed by atoms with Crippen molar-refractivity contribution in [2.45, 2.75) is 38.6 Å². The first kappa shape index (κ1) is 14.4. The number of carbonyl (C=O) groups excluding carboxylic acids is 1. The molecule has 3 rings (SSSR count). The predicted octanol–water partition coefficient (Wildman–Crippen LogP) is 2.30. The molecule has 2 N–H and O–H groups in total. The maximum absolute atomic E-state index is 12.8. The number of phenols is 1. The molecule has 1 saturated heterocycles. The van der Waals surface area contributed by atoms with Gasteiger partial charge in [0.05, 0.1) is 5.56 Å². The highest BCUT2D eigenvalue weighted by atomic mass is 16.3. The fraction of sp³-hybridized carbons (Fsp3) is 0.588. The van der Waals surface area contributed by atoms with Gasteiger partial charge in [0.2, 0.25) is 0 Å². The van der Waals surface area contributed by atoms with Gasteiger partial charge in [0.25, 0.3) is 5.91 Å². The highest BCUT2D eigenvalue weighted by Gasteiger charge is 2.35. The molecule has 0 aromatic heterocycles. The fourth-order valence-electron chi connectivity index (χ4n) is 3.10. The van der Waals surface area contributed by atoms with Crippen LogP contribution >= 0.6 is 0 Å². The highest BCUT2D eigenvalue weighted by molar-refractivity contribution is 5.97. The topological polar surface area (TPSA) is 52.6 Å². The van der Waals surface area contributed by atoms with Gasteiger partial charge in [0.1, 0.15) is 5.75 Å². The second-order valence-electron chi connectivity index (χ2n) is 6.40. The Morgan fingerprint density at radius 1 is 1.29 bits per heavy atom. The Balaban J connectivity index is 1.75. The zero-order valence-electron chi connectivity index (χ0n) is 12.6. The number of phenolic OH excluding ortho intramolecular Hbond substituents is 1. The molecule has 1 heterocycles. The summed E-state index contributed by atoms with van der Waals surface area (Å²) in [6.07, 6.45) is 4.47. The van der Waals surface area contributed by atoms with Crippen LogP contribution in [0, 0.1) is 12.8 Å². The maximum Gasteiger partial charge on any atom is 0.257 e. The molecule has 21 heavy (non-hydrogen) atoms. The standard InChI is InChI=1S/C17H24N2O2/c1-12-2-5-15(16(20)10-12)17(21)19(14-3-4-14)11-13-6-8-18-9-7-13/h2,5,10,13-14,18,20H,3-4,6-9,11H2,1H3. The van der Waals surface area contributed by atoms with E-state index in [-0.39, 0.29) is 11.7 Å². The van der Waals surface area contributed by atoms with E-state index < -0.39 is 0 Å². The van der Waals surface area contributed by atoms with Crippen LogP contribution in [-0.4, -0.2) is 41.6 Å². The quantitative estimate of drug-likeness (QED) is 0.894. The van der Waals surface area contributed by atoms with Gasteiger partial charge in [-0.2, -0.15) is 0 Å². The summed E-state index contributed by atoms with van der Waals surface area (Å²) in [7, 11) is 0. The van der Waals surface area contributed by atoms with Gasteiger partial charge in [0, 0.05) is 12.6 Å². The number of nitrogens with zero attached hydrogens (tertiary/aromatic N) is 1. The molecule has 1 amide bonds. The first-order valence-corrected chi connectivity index (χ1v) is 7.96. The van der Waals surface area contributed by atoms with Crippen molar-refractivity contribution in [3.05, 3.63) is 29.3 Å². The molecule has 4 heteroatoms. The molecule has 1 aromatic rings. The lowest BCUT2D eigenvalue weighted by molar-refractivity contribution is 0.0698. The maximum atomic E-state index is 12.8. The summed E-state index contributed by atoms with van der Waals surface area (Å²) >= 11 is 0. The van der Waals surface area contributed by atoms with Gasteiger partial charge in [-0.1, -0.05) is 6.07 Å². The Kier molecular flexibility index (Phi) is 4.15. The summed E-state index contributed by atoms with van der Waals surface area (Å²) in [5, 5.41) is 13.4. The van der Waals surface area contributed by atoms with Crippen LogP contribution in [0.15, 0.2) is 18.2 Å². The molecule has 1 saturated carbocycles. The molecule has 0 atom stereocenters. The normalized spacial score (nSPS) is 19.5. The van der Waals surface area contributed by atoms with Crippen molar-refractivity contribution in [3.63, 3.8) is 0 Å². The van der Waals surface area contributed by atoms with Crippen LogP contribution in [0.4, 0.5) is 0 Å². The zero-order chi connectivity index (χ0) is 14.8. The van der Waals surface area contributed by atoms with Crippen LogP contribution in [0.5, 0.6) is 5.75 Å². The lowest BCUT2D eigenvalue weighted by Gasteiger charge is -2.30. The van der Waals surface area contributed by atoms with Crippen LogP contribution in [-0.2, 0) is 0 Å². The van der Waals surface area contributed by atoms with Crippen molar-refractivity contribution < 1.29 is 9.90 Å². The summed E-state index contributed by atoms with van der Waals surface area (Å²) in [5.41, 5.74) is 1.42. The van der Waals surface area contributed by atoms with E-state index in [9.17, 15) is 9.90 Å². The number of carbonyl (C=O) groups is 1. The van der Waals surface area contributed by atoms with E-state index in [0.717, 1.165) is 50.9 Å². The first-order chi connectivity index (χ1) is 10.1. The average molecular weight is 288 g/mol. The van der Waals surface area contributed by atoms with E-state index in [1.54, 1.807) is 12.1 Å². The van der Waals surface area contributed by atoms with Crippen molar-refractivity contribution in [2.24, 2.45) is 5.92 Å². The molecule has 1 aliphatic carbocycles. The summed E-state index contributed by atoms with van der Waals surface area (Å²) < 4.78 is 0. The van der Waals surface area contributed by atoms with Gasteiger partial charge >= 0.3 is 0 Å². The molecule has 2 aliphatic rings. The fourth-order valence-corrected chi connectivity index (χ4v) is 3.10. The molecule has 0 radical (unpaired) electrons. The van der Waals surface area contributed by atoms with Crippen LogP contribution in [0.25, 0.3) is 0 Å². The summed E-state index contributed by atoms with van der Waals surface area (Å²) in [6.45, 7) is 4.85. The molecule has 0 spiro atoms. The second kappa shape index (κ2) is 6.06. The number of hydrogen-bond acceptors (Lipinski definition) is 3. The van der Waals surface area contributed by atoms with E-state index >= 15 is 0 Å². The van der Waals surface area contributed by atoms with Gasteiger partial charge < -0.3 is 15.3 Å². The highest BCUT2D eigenvalue weighted by Crippen LogP contribution is 2.32. The average Bonchev–Trinajstić information content (AvgIpc) is 3.30.